The maximum absolute atomic E-state index is 13.3. The summed E-state index contributed by atoms with van der Waals surface area (Å²) in [5.74, 6) is 0.966. The predicted molar refractivity (Wildman–Crippen MR) is 114 cm³/mol. The molecule has 0 spiro atoms. The Balaban J connectivity index is 1.46. The van der Waals surface area contributed by atoms with Gasteiger partial charge < -0.3 is 10.3 Å². The molecular formula is C23H25FN2OS. The lowest BCUT2D eigenvalue weighted by Gasteiger charge is -2.20. The normalized spacial score (nSPS) is 15.0. The van der Waals surface area contributed by atoms with Crippen molar-refractivity contribution in [1.82, 2.24) is 10.3 Å². The van der Waals surface area contributed by atoms with Crippen LogP contribution in [0, 0.1) is 11.7 Å². The van der Waals surface area contributed by atoms with E-state index in [0.29, 0.717) is 6.54 Å². The maximum atomic E-state index is 13.3. The van der Waals surface area contributed by atoms with Crippen LogP contribution >= 0.6 is 11.8 Å². The van der Waals surface area contributed by atoms with Crippen molar-refractivity contribution in [3.8, 4) is 11.3 Å². The molecule has 28 heavy (non-hydrogen) atoms. The van der Waals surface area contributed by atoms with Crippen molar-refractivity contribution in [2.75, 3.05) is 12.3 Å². The number of amides is 1. The van der Waals surface area contributed by atoms with E-state index >= 15 is 0 Å². The van der Waals surface area contributed by atoms with E-state index in [2.05, 4.69) is 22.4 Å². The smallest absolute Gasteiger partial charge is 0.223 e. The van der Waals surface area contributed by atoms with E-state index in [0.717, 1.165) is 45.7 Å². The number of hydrogen-bond acceptors (Lipinski definition) is 2. The fourth-order valence-corrected chi connectivity index (χ4v) is 4.98. The minimum Gasteiger partial charge on any atom is -0.355 e. The number of H-pyrrole nitrogens is 1. The number of fused-ring (bicyclic) bond motifs is 1. The number of rotatable bonds is 6. The predicted octanol–water partition coefficient (Wildman–Crippen LogP) is 5.76. The molecule has 1 amide bonds. The molecule has 4 rings (SSSR count). The van der Waals surface area contributed by atoms with Crippen LogP contribution in [-0.4, -0.2) is 23.2 Å². The maximum Gasteiger partial charge on any atom is 0.223 e. The molecule has 2 N–H and O–H groups in total. The first-order valence-electron chi connectivity index (χ1n) is 9.99. The number of aromatic amines is 1. The molecule has 0 atom stereocenters. The summed E-state index contributed by atoms with van der Waals surface area (Å²) < 4.78 is 13.3. The number of carbonyl (C=O) groups excluding carboxylic acids is 1. The third kappa shape index (κ3) is 4.25. The van der Waals surface area contributed by atoms with E-state index in [1.165, 1.54) is 31.4 Å². The number of hydrogen-bond donors (Lipinski definition) is 2. The largest absolute Gasteiger partial charge is 0.355 e. The Kier molecular flexibility index (Phi) is 6.01. The first-order valence-corrected chi connectivity index (χ1v) is 11.0. The molecule has 0 bridgehead atoms. The van der Waals surface area contributed by atoms with Gasteiger partial charge in [0.25, 0.3) is 0 Å². The van der Waals surface area contributed by atoms with Gasteiger partial charge in [-0.3, -0.25) is 4.79 Å². The molecule has 146 valence electrons. The summed E-state index contributed by atoms with van der Waals surface area (Å²) in [6, 6.07) is 14.8. The van der Waals surface area contributed by atoms with Crippen molar-refractivity contribution in [3.63, 3.8) is 0 Å². The lowest BCUT2D eigenvalue weighted by molar-refractivity contribution is -0.125. The van der Waals surface area contributed by atoms with Crippen LogP contribution in [0.25, 0.3) is 22.2 Å². The van der Waals surface area contributed by atoms with Crippen molar-refractivity contribution in [2.24, 2.45) is 5.92 Å². The van der Waals surface area contributed by atoms with Crippen LogP contribution in [0.5, 0.6) is 0 Å². The Hall–Kier alpha value is -2.27. The highest BCUT2D eigenvalue weighted by Crippen LogP contribution is 2.37. The Labute approximate surface area is 169 Å². The van der Waals surface area contributed by atoms with Crippen molar-refractivity contribution < 1.29 is 9.18 Å². The van der Waals surface area contributed by atoms with E-state index < -0.39 is 0 Å². The van der Waals surface area contributed by atoms with Gasteiger partial charge in [0, 0.05) is 34.0 Å². The van der Waals surface area contributed by atoms with Crippen molar-refractivity contribution in [1.29, 1.82) is 0 Å². The van der Waals surface area contributed by atoms with Gasteiger partial charge in [-0.2, -0.15) is 0 Å². The molecule has 0 aliphatic heterocycles. The highest BCUT2D eigenvalue weighted by atomic mass is 32.2. The van der Waals surface area contributed by atoms with Crippen molar-refractivity contribution in [3.05, 3.63) is 54.3 Å². The summed E-state index contributed by atoms with van der Waals surface area (Å²) in [4.78, 5) is 16.9. The SMILES string of the molecule is O=C(NCCSc1c(-c2ccc(F)cc2)[nH]c2ccccc12)C1CCCCC1. The summed E-state index contributed by atoms with van der Waals surface area (Å²) >= 11 is 1.73. The second kappa shape index (κ2) is 8.82. The molecule has 1 aromatic heterocycles. The van der Waals surface area contributed by atoms with Crippen LogP contribution in [0.4, 0.5) is 4.39 Å². The zero-order valence-electron chi connectivity index (χ0n) is 15.8. The number of para-hydroxylation sites is 1. The molecule has 0 radical (unpaired) electrons. The topological polar surface area (TPSA) is 44.9 Å². The quantitative estimate of drug-likeness (QED) is 0.411. The molecular weight excluding hydrogens is 371 g/mol. The molecule has 3 aromatic rings. The molecule has 1 aliphatic carbocycles. The third-order valence-electron chi connectivity index (χ3n) is 5.41. The van der Waals surface area contributed by atoms with Crippen LogP contribution < -0.4 is 5.32 Å². The fourth-order valence-electron chi connectivity index (χ4n) is 3.92. The second-order valence-electron chi connectivity index (χ2n) is 7.36. The minimum absolute atomic E-state index is 0.196. The zero-order chi connectivity index (χ0) is 19.3. The average molecular weight is 397 g/mol. The average Bonchev–Trinajstić information content (AvgIpc) is 3.11. The Bertz CT molecular complexity index is 945. The third-order valence-corrected chi connectivity index (χ3v) is 6.54. The van der Waals surface area contributed by atoms with Gasteiger partial charge >= 0.3 is 0 Å². The van der Waals surface area contributed by atoms with E-state index in [4.69, 9.17) is 0 Å². The molecule has 1 heterocycles. The van der Waals surface area contributed by atoms with Crippen LogP contribution in [-0.2, 0) is 4.79 Å². The van der Waals surface area contributed by atoms with Gasteiger partial charge in [-0.25, -0.2) is 4.39 Å². The molecule has 5 heteroatoms. The fraction of sp³-hybridized carbons (Fsp3) is 0.348. The number of nitrogens with one attached hydrogen (secondary N) is 2. The van der Waals surface area contributed by atoms with Gasteiger partial charge in [0.2, 0.25) is 5.91 Å². The first kappa shape index (κ1) is 19.1. The van der Waals surface area contributed by atoms with E-state index in [9.17, 15) is 9.18 Å². The molecule has 0 unspecified atom stereocenters. The van der Waals surface area contributed by atoms with Gasteiger partial charge in [-0.1, -0.05) is 37.5 Å². The summed E-state index contributed by atoms with van der Waals surface area (Å²) in [6.45, 7) is 0.655. The molecule has 1 aliphatic rings. The van der Waals surface area contributed by atoms with Crippen LogP contribution in [0.2, 0.25) is 0 Å². The van der Waals surface area contributed by atoms with Crippen molar-refractivity contribution in [2.45, 2.75) is 37.0 Å². The standard InChI is InChI=1S/C23H25FN2OS/c24-18-12-10-16(11-13-18)21-22(19-8-4-5-9-20(19)26-21)28-15-14-25-23(27)17-6-2-1-3-7-17/h4-5,8-13,17,26H,1-3,6-7,14-15H2,(H,25,27). The summed E-state index contributed by atoms with van der Waals surface area (Å²) in [5, 5.41) is 4.27. The Morgan fingerprint density at radius 3 is 2.61 bits per heavy atom. The number of carbonyl (C=O) groups is 1. The lowest BCUT2D eigenvalue weighted by Crippen LogP contribution is -2.33. The molecule has 3 nitrogen and oxygen atoms in total. The highest BCUT2D eigenvalue weighted by Gasteiger charge is 2.20. The lowest BCUT2D eigenvalue weighted by atomic mass is 9.89. The monoisotopic (exact) mass is 396 g/mol. The van der Waals surface area contributed by atoms with Gasteiger partial charge in [0.15, 0.2) is 0 Å². The van der Waals surface area contributed by atoms with Crippen LogP contribution in [0.1, 0.15) is 32.1 Å². The number of aromatic nitrogens is 1. The number of benzene rings is 2. The Morgan fingerprint density at radius 1 is 1.07 bits per heavy atom. The number of thioether (sulfide) groups is 1. The van der Waals surface area contributed by atoms with Crippen LogP contribution in [0.3, 0.4) is 0 Å². The molecule has 1 saturated carbocycles. The molecule has 0 saturated heterocycles. The second-order valence-corrected chi connectivity index (χ2v) is 8.46. The Morgan fingerprint density at radius 2 is 1.82 bits per heavy atom. The van der Waals surface area contributed by atoms with E-state index in [-0.39, 0.29) is 17.6 Å². The van der Waals surface area contributed by atoms with Gasteiger partial charge in [0.1, 0.15) is 5.82 Å². The first-order chi connectivity index (χ1) is 13.7. The summed E-state index contributed by atoms with van der Waals surface area (Å²) in [6.07, 6.45) is 5.64. The van der Waals surface area contributed by atoms with Gasteiger partial charge in [-0.15, -0.1) is 11.8 Å². The van der Waals surface area contributed by atoms with Crippen molar-refractivity contribution >= 4 is 28.6 Å². The number of halogens is 1. The van der Waals surface area contributed by atoms with Crippen LogP contribution in [0.15, 0.2) is 53.4 Å². The highest BCUT2D eigenvalue weighted by molar-refractivity contribution is 7.99. The zero-order valence-corrected chi connectivity index (χ0v) is 16.7. The summed E-state index contributed by atoms with van der Waals surface area (Å²) in [5.41, 5.74) is 3.03. The minimum atomic E-state index is -0.237. The van der Waals surface area contributed by atoms with E-state index in [1.807, 2.05) is 12.1 Å². The molecule has 1 fully saturated rings. The molecule has 2 aromatic carbocycles. The van der Waals surface area contributed by atoms with E-state index in [1.54, 1.807) is 23.9 Å². The van der Waals surface area contributed by atoms with Gasteiger partial charge in [-0.05, 0) is 48.7 Å². The summed E-state index contributed by atoms with van der Waals surface area (Å²) in [7, 11) is 0. The van der Waals surface area contributed by atoms with Gasteiger partial charge in [0.05, 0.1) is 5.69 Å².